The van der Waals surface area contributed by atoms with Gasteiger partial charge in [-0.3, -0.25) is 9.21 Å². The van der Waals surface area contributed by atoms with E-state index in [4.69, 9.17) is 0 Å². The first-order valence-electron chi connectivity index (χ1n) is 10.5. The van der Waals surface area contributed by atoms with Crippen molar-refractivity contribution in [3.63, 3.8) is 0 Å². The molecule has 0 atom stereocenters. The smallest absolute Gasteiger partial charge is 0.369 e. The van der Waals surface area contributed by atoms with Gasteiger partial charge >= 0.3 is 6.18 Å². The Hall–Kier alpha value is -2.26. The van der Waals surface area contributed by atoms with Gasteiger partial charge in [0.25, 0.3) is 0 Å². The van der Waals surface area contributed by atoms with Crippen molar-refractivity contribution in [2.24, 2.45) is 0 Å². The lowest BCUT2D eigenvalue weighted by Gasteiger charge is -2.36. The van der Waals surface area contributed by atoms with Crippen molar-refractivity contribution in [3.8, 4) is 0 Å². The minimum Gasteiger partial charge on any atom is -0.369 e. The fourth-order valence-corrected chi connectivity index (χ4v) is 5.85. The molecular weight excluding hydrogens is 427 g/mol. The third kappa shape index (κ3) is 4.98. The van der Waals surface area contributed by atoms with E-state index in [1.807, 2.05) is 29.2 Å². The predicted molar refractivity (Wildman–Crippen MR) is 116 cm³/mol. The van der Waals surface area contributed by atoms with Crippen molar-refractivity contribution in [3.05, 3.63) is 59.7 Å². The fraction of sp³-hybridized carbons (Fsp3) is 0.455. The summed E-state index contributed by atoms with van der Waals surface area (Å²) in [5.41, 5.74) is 1.79. The van der Waals surface area contributed by atoms with Crippen LogP contribution in [0.3, 0.4) is 0 Å². The Morgan fingerprint density at radius 2 is 1.65 bits per heavy atom. The van der Waals surface area contributed by atoms with E-state index in [9.17, 15) is 21.6 Å². The number of fused-ring (bicyclic) bond motifs is 1. The molecule has 0 radical (unpaired) electrons. The highest BCUT2D eigenvalue weighted by Gasteiger charge is 2.31. The number of hydrogen-bond donors (Lipinski definition) is 0. The van der Waals surface area contributed by atoms with E-state index in [-0.39, 0.29) is 5.75 Å². The van der Waals surface area contributed by atoms with Crippen LogP contribution in [0.25, 0.3) is 0 Å². The topological polar surface area (TPSA) is 43.9 Å². The summed E-state index contributed by atoms with van der Waals surface area (Å²) in [6.45, 7) is 3.79. The zero-order valence-electron chi connectivity index (χ0n) is 17.2. The highest BCUT2D eigenvalue weighted by atomic mass is 32.2. The Morgan fingerprint density at radius 3 is 2.39 bits per heavy atom. The van der Waals surface area contributed by atoms with E-state index < -0.39 is 21.8 Å². The van der Waals surface area contributed by atoms with E-state index >= 15 is 0 Å². The third-order valence-electron chi connectivity index (χ3n) is 5.97. The molecule has 9 heteroatoms. The Kier molecular flexibility index (Phi) is 6.16. The molecule has 2 aromatic rings. The molecule has 0 aromatic heterocycles. The molecule has 2 heterocycles. The van der Waals surface area contributed by atoms with Crippen LogP contribution in [-0.2, 0) is 22.6 Å². The highest BCUT2D eigenvalue weighted by molar-refractivity contribution is 7.92. The van der Waals surface area contributed by atoms with Crippen LogP contribution in [0, 0.1) is 0 Å². The van der Waals surface area contributed by atoms with Gasteiger partial charge in [0, 0.05) is 38.4 Å². The molecule has 0 unspecified atom stereocenters. The maximum atomic E-state index is 12.9. The molecule has 1 fully saturated rings. The van der Waals surface area contributed by atoms with Gasteiger partial charge in [0.15, 0.2) is 0 Å². The normalized spacial score (nSPS) is 17.8. The summed E-state index contributed by atoms with van der Waals surface area (Å²) in [6.07, 6.45) is -3.07. The van der Waals surface area contributed by atoms with Gasteiger partial charge in [0.2, 0.25) is 10.0 Å². The van der Waals surface area contributed by atoms with Crippen LogP contribution < -0.4 is 9.21 Å². The van der Waals surface area contributed by atoms with Crippen LogP contribution in [0.5, 0.6) is 0 Å². The van der Waals surface area contributed by atoms with Crippen LogP contribution in [0.15, 0.2) is 48.5 Å². The molecule has 0 saturated carbocycles. The lowest BCUT2D eigenvalue weighted by Crippen LogP contribution is -2.47. The first kappa shape index (κ1) is 22.0. The summed E-state index contributed by atoms with van der Waals surface area (Å²) >= 11 is 0. The Morgan fingerprint density at radius 1 is 0.903 bits per heavy atom. The molecule has 0 spiro atoms. The van der Waals surface area contributed by atoms with Crippen LogP contribution in [0.4, 0.5) is 24.5 Å². The molecule has 2 aliphatic rings. The molecule has 2 aliphatic heterocycles. The molecule has 0 bridgehead atoms. The molecule has 4 rings (SSSR count). The molecule has 2 aromatic carbocycles. The Labute approximate surface area is 181 Å². The molecule has 1 saturated heterocycles. The maximum absolute atomic E-state index is 12.9. The second-order valence-corrected chi connectivity index (χ2v) is 10.0. The minimum atomic E-state index is -4.35. The van der Waals surface area contributed by atoms with Gasteiger partial charge in [-0.1, -0.05) is 24.3 Å². The van der Waals surface area contributed by atoms with Crippen molar-refractivity contribution in [2.75, 3.05) is 54.2 Å². The van der Waals surface area contributed by atoms with Crippen molar-refractivity contribution >= 4 is 21.4 Å². The van der Waals surface area contributed by atoms with Gasteiger partial charge in [0.1, 0.15) is 0 Å². The molecule has 0 amide bonds. The highest BCUT2D eigenvalue weighted by Crippen LogP contribution is 2.32. The SMILES string of the molecule is O=S(=O)(CCCN1CCN(c2cccc(C(F)(F)F)c2)CC1)N1CCc2ccccc21. The molecule has 0 N–H and O–H groups in total. The van der Waals surface area contributed by atoms with Crippen LogP contribution >= 0.6 is 0 Å². The van der Waals surface area contributed by atoms with Crippen LogP contribution in [0.1, 0.15) is 17.5 Å². The van der Waals surface area contributed by atoms with E-state index in [2.05, 4.69) is 4.90 Å². The standard InChI is InChI=1S/C22H26F3N3O2S/c23-22(24,25)19-6-3-7-20(17-19)27-14-12-26(13-15-27)10-4-16-31(29,30)28-11-9-18-5-1-2-8-21(18)28/h1-3,5-8,17H,4,9-16H2. The van der Waals surface area contributed by atoms with Crippen LogP contribution in [-0.4, -0.2) is 58.3 Å². The first-order valence-corrected chi connectivity index (χ1v) is 12.1. The van der Waals surface area contributed by atoms with Crippen molar-refractivity contribution in [1.82, 2.24) is 4.90 Å². The van der Waals surface area contributed by atoms with Gasteiger partial charge in [-0.05, 0) is 49.2 Å². The summed E-state index contributed by atoms with van der Waals surface area (Å²) in [7, 11) is -3.36. The first-order chi connectivity index (χ1) is 14.7. The summed E-state index contributed by atoms with van der Waals surface area (Å²) in [5, 5.41) is 0. The van der Waals surface area contributed by atoms with E-state index in [1.165, 1.54) is 16.4 Å². The summed E-state index contributed by atoms with van der Waals surface area (Å²) in [6, 6.07) is 13.0. The van der Waals surface area contributed by atoms with E-state index in [0.717, 1.165) is 23.7 Å². The monoisotopic (exact) mass is 453 g/mol. The number of alkyl halides is 3. The maximum Gasteiger partial charge on any atom is 0.416 e. The second-order valence-electron chi connectivity index (χ2n) is 8.00. The largest absolute Gasteiger partial charge is 0.416 e. The Bertz CT molecular complexity index is 1020. The number of hydrogen-bond acceptors (Lipinski definition) is 4. The number of piperazine rings is 1. The van der Waals surface area contributed by atoms with E-state index in [1.54, 1.807) is 6.07 Å². The lowest BCUT2D eigenvalue weighted by atomic mass is 10.1. The molecular formula is C22H26F3N3O2S. The quantitative estimate of drug-likeness (QED) is 0.670. The molecule has 168 valence electrons. The van der Waals surface area contributed by atoms with Gasteiger partial charge in [-0.25, -0.2) is 8.42 Å². The third-order valence-corrected chi connectivity index (χ3v) is 7.82. The summed E-state index contributed by atoms with van der Waals surface area (Å²) < 4.78 is 66.0. The fourth-order valence-electron chi connectivity index (χ4n) is 4.29. The number of anilines is 2. The zero-order valence-corrected chi connectivity index (χ0v) is 18.0. The average Bonchev–Trinajstić information content (AvgIpc) is 3.19. The number of sulfonamides is 1. The van der Waals surface area contributed by atoms with Gasteiger partial charge in [-0.15, -0.1) is 0 Å². The van der Waals surface area contributed by atoms with Crippen LogP contribution in [0.2, 0.25) is 0 Å². The molecule has 0 aliphatic carbocycles. The van der Waals surface area contributed by atoms with Gasteiger partial charge < -0.3 is 4.90 Å². The summed E-state index contributed by atoms with van der Waals surface area (Å²) in [4.78, 5) is 4.13. The number of rotatable bonds is 6. The minimum absolute atomic E-state index is 0.0924. The lowest BCUT2D eigenvalue weighted by molar-refractivity contribution is -0.137. The van der Waals surface area contributed by atoms with Gasteiger partial charge in [-0.2, -0.15) is 13.2 Å². The number of para-hydroxylation sites is 1. The Balaban J connectivity index is 1.27. The number of halogens is 3. The van der Waals surface area contributed by atoms with Crippen molar-refractivity contribution < 1.29 is 21.6 Å². The molecule has 31 heavy (non-hydrogen) atoms. The van der Waals surface area contributed by atoms with Crippen molar-refractivity contribution in [1.29, 1.82) is 0 Å². The van der Waals surface area contributed by atoms with E-state index in [0.29, 0.717) is 51.4 Å². The number of nitrogens with zero attached hydrogens (tertiary/aromatic N) is 3. The number of benzene rings is 2. The molecule has 5 nitrogen and oxygen atoms in total. The van der Waals surface area contributed by atoms with Gasteiger partial charge in [0.05, 0.1) is 17.0 Å². The average molecular weight is 454 g/mol. The second kappa shape index (κ2) is 8.70. The summed E-state index contributed by atoms with van der Waals surface area (Å²) in [5.74, 6) is 0.0924. The van der Waals surface area contributed by atoms with Crippen molar-refractivity contribution in [2.45, 2.75) is 19.0 Å². The predicted octanol–water partition coefficient (Wildman–Crippen LogP) is 3.61. The zero-order chi connectivity index (χ0) is 22.1.